The number of hydrogen-bond donors (Lipinski definition) is 0. The highest BCUT2D eigenvalue weighted by Gasteiger charge is 2.40. The van der Waals surface area contributed by atoms with Gasteiger partial charge in [-0.1, -0.05) is 19.1 Å². The Labute approximate surface area is 205 Å². The smallest absolute Gasteiger partial charge is 0.247 e. The van der Waals surface area contributed by atoms with Crippen molar-refractivity contribution in [3.8, 4) is 17.2 Å². The van der Waals surface area contributed by atoms with Crippen molar-refractivity contribution in [1.29, 1.82) is 0 Å². The van der Waals surface area contributed by atoms with Crippen LogP contribution in [0.5, 0.6) is 11.5 Å². The van der Waals surface area contributed by atoms with Crippen LogP contribution in [0.4, 0.5) is 5.69 Å². The van der Waals surface area contributed by atoms with Crippen molar-refractivity contribution in [2.75, 3.05) is 25.7 Å². The van der Waals surface area contributed by atoms with Crippen LogP contribution in [0, 0.1) is 0 Å². The third-order valence-corrected chi connectivity index (χ3v) is 6.80. The number of para-hydroxylation sites is 2. The molecule has 182 valence electrons. The van der Waals surface area contributed by atoms with E-state index in [2.05, 4.69) is 4.57 Å². The summed E-state index contributed by atoms with van der Waals surface area (Å²) in [6.45, 7) is 2.05. The molecular weight excluding hydrogens is 442 g/mol. The molecule has 0 saturated heterocycles. The quantitative estimate of drug-likeness (QED) is 0.475. The summed E-state index contributed by atoms with van der Waals surface area (Å²) in [5, 5.41) is 0. The van der Waals surface area contributed by atoms with Crippen LogP contribution < -0.4 is 14.4 Å². The molecule has 3 aromatic rings. The summed E-state index contributed by atoms with van der Waals surface area (Å²) in [6.07, 6.45) is 5.14. The van der Waals surface area contributed by atoms with Gasteiger partial charge in [-0.3, -0.25) is 14.5 Å². The highest BCUT2D eigenvalue weighted by atomic mass is 16.5. The lowest BCUT2D eigenvalue weighted by Gasteiger charge is -2.40. The number of carbonyl (C=O) groups excluding carboxylic acids is 2. The maximum atomic E-state index is 14.1. The minimum Gasteiger partial charge on any atom is -0.497 e. The highest BCUT2D eigenvalue weighted by Crippen LogP contribution is 2.45. The van der Waals surface area contributed by atoms with E-state index in [9.17, 15) is 9.59 Å². The molecule has 1 aliphatic heterocycles. The average molecular weight is 474 g/mol. The van der Waals surface area contributed by atoms with E-state index in [-0.39, 0.29) is 24.4 Å². The predicted molar refractivity (Wildman–Crippen MR) is 134 cm³/mol. The third-order valence-electron chi connectivity index (χ3n) is 6.80. The lowest BCUT2D eigenvalue weighted by molar-refractivity contribution is -0.136. The van der Waals surface area contributed by atoms with Gasteiger partial charge in [-0.05, 0) is 61.7 Å². The molecule has 7 nitrogen and oxygen atoms in total. The summed E-state index contributed by atoms with van der Waals surface area (Å²) in [4.78, 5) is 30.6. The van der Waals surface area contributed by atoms with E-state index in [1.54, 1.807) is 19.1 Å². The number of carbonyl (C=O) groups is 2. The summed E-state index contributed by atoms with van der Waals surface area (Å²) in [7, 11) is 3.26. The first kappa shape index (κ1) is 23.0. The van der Waals surface area contributed by atoms with E-state index in [1.807, 2.05) is 72.6 Å². The van der Waals surface area contributed by atoms with Gasteiger partial charge >= 0.3 is 0 Å². The van der Waals surface area contributed by atoms with Crippen molar-refractivity contribution in [1.82, 2.24) is 9.47 Å². The van der Waals surface area contributed by atoms with Gasteiger partial charge in [0.05, 0.1) is 31.3 Å². The molecule has 1 unspecified atom stereocenters. The van der Waals surface area contributed by atoms with Crippen molar-refractivity contribution in [2.24, 2.45) is 0 Å². The van der Waals surface area contributed by atoms with Crippen LogP contribution in [0.1, 0.15) is 49.9 Å². The molecule has 1 aromatic heterocycles. The summed E-state index contributed by atoms with van der Waals surface area (Å²) >= 11 is 0. The number of aromatic nitrogens is 1. The third kappa shape index (κ3) is 4.16. The number of methoxy groups -OCH3 is 2. The summed E-state index contributed by atoms with van der Waals surface area (Å²) in [5.74, 6) is 1.29. The topological polar surface area (TPSA) is 64.0 Å². The van der Waals surface area contributed by atoms with Crippen LogP contribution in [0.2, 0.25) is 0 Å². The van der Waals surface area contributed by atoms with Gasteiger partial charge in [0.15, 0.2) is 0 Å². The van der Waals surface area contributed by atoms with Crippen LogP contribution in [0.15, 0.2) is 60.8 Å². The number of ether oxygens (including phenoxy) is 2. The average Bonchev–Trinajstić information content (AvgIpc) is 3.61. The van der Waals surface area contributed by atoms with Gasteiger partial charge in [0, 0.05) is 24.2 Å². The van der Waals surface area contributed by atoms with E-state index in [1.165, 1.54) is 0 Å². The van der Waals surface area contributed by atoms with Crippen molar-refractivity contribution in [2.45, 2.75) is 44.7 Å². The molecule has 0 N–H and O–H groups in total. The first-order valence-corrected chi connectivity index (χ1v) is 12.2. The van der Waals surface area contributed by atoms with Crippen LogP contribution >= 0.6 is 0 Å². The lowest BCUT2D eigenvalue weighted by Crippen LogP contribution is -2.47. The Hall–Kier alpha value is -3.74. The molecule has 2 amide bonds. The molecule has 35 heavy (non-hydrogen) atoms. The van der Waals surface area contributed by atoms with Gasteiger partial charge in [0.1, 0.15) is 24.1 Å². The molecule has 1 fully saturated rings. The molecule has 1 atom stereocenters. The molecule has 0 radical (unpaired) electrons. The zero-order chi connectivity index (χ0) is 24.5. The van der Waals surface area contributed by atoms with Crippen LogP contribution in [-0.4, -0.2) is 48.1 Å². The second-order valence-electron chi connectivity index (χ2n) is 9.07. The van der Waals surface area contributed by atoms with Gasteiger partial charge in [-0.15, -0.1) is 0 Å². The molecule has 1 saturated carbocycles. The van der Waals surface area contributed by atoms with E-state index in [4.69, 9.17) is 9.47 Å². The van der Waals surface area contributed by atoms with Crippen LogP contribution in [0.25, 0.3) is 5.69 Å². The van der Waals surface area contributed by atoms with Gasteiger partial charge < -0.3 is 18.9 Å². The summed E-state index contributed by atoms with van der Waals surface area (Å²) < 4.78 is 13.4. The monoisotopic (exact) mass is 473 g/mol. The van der Waals surface area contributed by atoms with E-state index in [0.29, 0.717) is 17.9 Å². The van der Waals surface area contributed by atoms with Crippen molar-refractivity contribution in [3.63, 3.8) is 0 Å². The van der Waals surface area contributed by atoms with Crippen molar-refractivity contribution in [3.05, 3.63) is 72.1 Å². The SMILES string of the molecule is CCCC(=O)N(CC(=O)N1c2ccccc2-n2cccc2C1c1cc(OC)ccc1OC)C1CC1. The van der Waals surface area contributed by atoms with Gasteiger partial charge in [-0.25, -0.2) is 0 Å². The Bertz CT molecular complexity index is 1250. The first-order chi connectivity index (χ1) is 17.1. The summed E-state index contributed by atoms with van der Waals surface area (Å²) in [6, 6.07) is 17.3. The van der Waals surface area contributed by atoms with E-state index >= 15 is 0 Å². The van der Waals surface area contributed by atoms with E-state index in [0.717, 1.165) is 41.9 Å². The second-order valence-corrected chi connectivity index (χ2v) is 9.07. The fourth-order valence-corrected chi connectivity index (χ4v) is 5.00. The number of benzene rings is 2. The van der Waals surface area contributed by atoms with Gasteiger partial charge in [0.2, 0.25) is 11.8 Å². The largest absolute Gasteiger partial charge is 0.497 e. The van der Waals surface area contributed by atoms with Crippen LogP contribution in [0.3, 0.4) is 0 Å². The lowest BCUT2D eigenvalue weighted by atomic mass is 9.96. The standard InChI is InChI=1S/C28H31N3O4/c1-4-8-26(32)30(19-12-13-19)18-27(33)31-23-10-6-5-9-22(23)29-16-7-11-24(29)28(31)21-17-20(34-2)14-15-25(21)35-3/h5-7,9-11,14-17,19,28H,4,8,12-13,18H2,1-3H3. The van der Waals surface area contributed by atoms with Crippen LogP contribution in [-0.2, 0) is 9.59 Å². The number of nitrogens with zero attached hydrogens (tertiary/aromatic N) is 3. The number of hydrogen-bond acceptors (Lipinski definition) is 4. The molecule has 5 rings (SSSR count). The molecule has 2 aliphatic rings. The Kier molecular flexibility index (Phi) is 6.24. The number of amides is 2. The Morgan fingerprint density at radius 1 is 1.00 bits per heavy atom. The normalized spacial score (nSPS) is 16.3. The molecule has 2 heterocycles. The van der Waals surface area contributed by atoms with Crippen molar-refractivity contribution < 1.29 is 19.1 Å². The molecule has 0 bridgehead atoms. The predicted octanol–water partition coefficient (Wildman–Crippen LogP) is 4.72. The highest BCUT2D eigenvalue weighted by molar-refractivity contribution is 6.00. The second kappa shape index (κ2) is 9.49. The number of fused-ring (bicyclic) bond motifs is 3. The molecular formula is C28H31N3O4. The zero-order valence-electron chi connectivity index (χ0n) is 20.4. The zero-order valence-corrected chi connectivity index (χ0v) is 20.4. The molecule has 7 heteroatoms. The van der Waals surface area contributed by atoms with E-state index < -0.39 is 6.04 Å². The molecule has 0 spiro atoms. The maximum Gasteiger partial charge on any atom is 0.247 e. The maximum absolute atomic E-state index is 14.1. The fourth-order valence-electron chi connectivity index (χ4n) is 5.00. The first-order valence-electron chi connectivity index (χ1n) is 12.2. The number of anilines is 1. The molecule has 1 aliphatic carbocycles. The van der Waals surface area contributed by atoms with Gasteiger partial charge in [0.25, 0.3) is 0 Å². The fraction of sp³-hybridized carbons (Fsp3) is 0.357. The molecule has 2 aromatic carbocycles. The Balaban J connectivity index is 1.63. The minimum atomic E-state index is -0.445. The Morgan fingerprint density at radius 3 is 2.46 bits per heavy atom. The van der Waals surface area contributed by atoms with Crippen molar-refractivity contribution >= 4 is 17.5 Å². The summed E-state index contributed by atoms with van der Waals surface area (Å²) in [5.41, 5.74) is 3.50. The Morgan fingerprint density at radius 2 is 1.77 bits per heavy atom. The van der Waals surface area contributed by atoms with Gasteiger partial charge in [-0.2, -0.15) is 0 Å². The minimum absolute atomic E-state index is 0.0486. The number of rotatable bonds is 8.